The smallest absolute Gasteiger partial charge is 0.279 e. The zero-order chi connectivity index (χ0) is 23.2. The van der Waals surface area contributed by atoms with Crippen LogP contribution < -0.4 is 22.3 Å². The van der Waals surface area contributed by atoms with Gasteiger partial charge in [0.15, 0.2) is 9.84 Å². The highest BCUT2D eigenvalue weighted by Crippen LogP contribution is 2.32. The maximum Gasteiger partial charge on any atom is 0.279 e. The number of aryl methyl sites for hydroxylation is 1. The summed E-state index contributed by atoms with van der Waals surface area (Å²) in [4.78, 5) is 24.6. The Hall–Kier alpha value is -3.18. The van der Waals surface area contributed by atoms with E-state index in [1.165, 1.54) is 17.6 Å². The molecule has 1 aliphatic rings. The number of carbonyl (C=O) groups is 1. The number of pyridine rings is 1. The monoisotopic (exact) mass is 458 g/mol. The number of nitrogens with one attached hydrogen (secondary N) is 2. The summed E-state index contributed by atoms with van der Waals surface area (Å²) in [5, 5.41) is 10.2. The first-order valence-corrected chi connectivity index (χ1v) is 12.0. The molecule has 0 aliphatic heterocycles. The summed E-state index contributed by atoms with van der Waals surface area (Å²) in [5.41, 5.74) is 13.0. The van der Waals surface area contributed by atoms with Gasteiger partial charge in [0.2, 0.25) is 5.91 Å². The van der Waals surface area contributed by atoms with Gasteiger partial charge in [-0.3, -0.25) is 19.3 Å². The average molecular weight is 459 g/mol. The lowest BCUT2D eigenvalue weighted by Crippen LogP contribution is -2.33. The molecule has 6 N–H and O–H groups in total. The summed E-state index contributed by atoms with van der Waals surface area (Å²) in [5.74, 6) is -0.219. The van der Waals surface area contributed by atoms with Crippen LogP contribution in [0.15, 0.2) is 34.0 Å². The van der Waals surface area contributed by atoms with E-state index in [0.717, 1.165) is 19.3 Å². The minimum Gasteiger partial charge on any atom is -0.393 e. The van der Waals surface area contributed by atoms with E-state index < -0.39 is 21.6 Å². The van der Waals surface area contributed by atoms with Crippen molar-refractivity contribution in [3.63, 3.8) is 0 Å². The Morgan fingerprint density at radius 2 is 2.09 bits per heavy atom. The third kappa shape index (κ3) is 3.78. The van der Waals surface area contributed by atoms with Crippen molar-refractivity contribution in [2.75, 3.05) is 11.5 Å². The SMILES string of the molecule is CC(=O)NC(N)c1[nH]nc2cccc(-n3c(C)cc(S(=O)(=O)CC4CCC4)c(N)c3=O)c12. The van der Waals surface area contributed by atoms with Crippen LogP contribution in [0.3, 0.4) is 0 Å². The van der Waals surface area contributed by atoms with Gasteiger partial charge in [0.25, 0.3) is 5.56 Å². The molecule has 0 radical (unpaired) electrons. The van der Waals surface area contributed by atoms with Gasteiger partial charge in [-0.2, -0.15) is 5.10 Å². The van der Waals surface area contributed by atoms with E-state index >= 15 is 0 Å². The number of nitrogen functional groups attached to an aromatic ring is 1. The average Bonchev–Trinajstić information content (AvgIpc) is 3.12. The standard InChI is InChI=1S/C21H26N6O4S/c1-11-9-16(32(30,31)10-13-5-3-6-13)18(22)21(29)27(11)15-8-4-7-14-17(15)19(26-25-14)20(23)24-12(2)28/h4,7-9,13,20H,3,5-6,10,22-23H2,1-2H3,(H,24,28)(H,25,26). The first-order chi connectivity index (χ1) is 15.1. The number of anilines is 1. The maximum absolute atomic E-state index is 13.3. The van der Waals surface area contributed by atoms with Gasteiger partial charge >= 0.3 is 0 Å². The van der Waals surface area contributed by atoms with E-state index in [0.29, 0.717) is 28.0 Å². The summed E-state index contributed by atoms with van der Waals surface area (Å²) < 4.78 is 27.2. The molecular weight excluding hydrogens is 432 g/mol. The molecule has 1 aromatic carbocycles. The molecular formula is C21H26N6O4S. The molecule has 0 bridgehead atoms. The number of aromatic amines is 1. The van der Waals surface area contributed by atoms with Crippen molar-refractivity contribution in [3.05, 3.63) is 46.0 Å². The number of rotatable bonds is 6. The molecule has 11 heteroatoms. The molecule has 4 rings (SSSR count). The molecule has 1 amide bonds. The highest BCUT2D eigenvalue weighted by molar-refractivity contribution is 7.91. The Balaban J connectivity index is 1.88. The van der Waals surface area contributed by atoms with Gasteiger partial charge < -0.3 is 16.8 Å². The third-order valence-corrected chi connectivity index (χ3v) is 7.82. The first kappa shape index (κ1) is 22.0. The molecule has 1 unspecified atom stereocenters. The van der Waals surface area contributed by atoms with Gasteiger partial charge in [-0.25, -0.2) is 8.42 Å². The lowest BCUT2D eigenvalue weighted by molar-refractivity contribution is -0.119. The fraction of sp³-hybridized carbons (Fsp3) is 0.381. The normalized spacial score (nSPS) is 15.5. The molecule has 2 heterocycles. The summed E-state index contributed by atoms with van der Waals surface area (Å²) >= 11 is 0. The summed E-state index contributed by atoms with van der Waals surface area (Å²) in [6.45, 7) is 2.99. The molecule has 0 saturated heterocycles. The van der Waals surface area contributed by atoms with E-state index in [4.69, 9.17) is 11.5 Å². The van der Waals surface area contributed by atoms with Gasteiger partial charge in [-0.1, -0.05) is 12.5 Å². The van der Waals surface area contributed by atoms with Crippen LogP contribution in [-0.4, -0.2) is 34.8 Å². The largest absolute Gasteiger partial charge is 0.393 e. The van der Waals surface area contributed by atoms with Gasteiger partial charge in [-0.05, 0) is 43.9 Å². The van der Waals surface area contributed by atoms with Crippen molar-refractivity contribution in [1.82, 2.24) is 20.1 Å². The fourth-order valence-electron chi connectivity index (χ4n) is 4.11. The van der Waals surface area contributed by atoms with Gasteiger partial charge in [0.1, 0.15) is 11.9 Å². The highest BCUT2D eigenvalue weighted by Gasteiger charge is 2.29. The van der Waals surface area contributed by atoms with Crippen LogP contribution in [0.1, 0.15) is 43.7 Å². The number of nitrogens with zero attached hydrogens (tertiary/aromatic N) is 2. The molecule has 1 atom stereocenters. The van der Waals surface area contributed by atoms with Crippen LogP contribution >= 0.6 is 0 Å². The number of H-pyrrole nitrogens is 1. The van der Waals surface area contributed by atoms with E-state index in [1.54, 1.807) is 25.1 Å². The van der Waals surface area contributed by atoms with Gasteiger partial charge in [0, 0.05) is 12.6 Å². The molecule has 32 heavy (non-hydrogen) atoms. The Kier molecular flexibility index (Phi) is 5.55. The second kappa shape index (κ2) is 8.06. The van der Waals surface area contributed by atoms with Crippen molar-refractivity contribution < 1.29 is 13.2 Å². The molecule has 3 aromatic rings. The number of benzene rings is 1. The number of sulfone groups is 1. The number of hydrogen-bond acceptors (Lipinski definition) is 7. The zero-order valence-electron chi connectivity index (χ0n) is 17.9. The van der Waals surface area contributed by atoms with E-state index in [1.807, 2.05) is 0 Å². The van der Waals surface area contributed by atoms with E-state index in [9.17, 15) is 18.0 Å². The lowest BCUT2D eigenvalue weighted by Gasteiger charge is -2.25. The van der Waals surface area contributed by atoms with Crippen molar-refractivity contribution in [1.29, 1.82) is 0 Å². The van der Waals surface area contributed by atoms with E-state index in [-0.39, 0.29) is 28.2 Å². The summed E-state index contributed by atoms with van der Waals surface area (Å²) in [7, 11) is -3.69. The second-order valence-corrected chi connectivity index (χ2v) is 10.3. The van der Waals surface area contributed by atoms with Crippen LogP contribution in [0.5, 0.6) is 0 Å². The predicted molar refractivity (Wildman–Crippen MR) is 121 cm³/mol. The molecule has 0 spiro atoms. The predicted octanol–water partition coefficient (Wildman–Crippen LogP) is 1.27. The van der Waals surface area contributed by atoms with Crippen molar-refractivity contribution >= 4 is 32.3 Å². The number of amides is 1. The Morgan fingerprint density at radius 1 is 1.38 bits per heavy atom. The molecule has 170 valence electrons. The van der Waals surface area contributed by atoms with Crippen LogP contribution in [0, 0.1) is 12.8 Å². The quantitative estimate of drug-likeness (QED) is 0.404. The lowest BCUT2D eigenvalue weighted by atomic mass is 9.87. The molecule has 1 saturated carbocycles. The molecule has 10 nitrogen and oxygen atoms in total. The Bertz CT molecular complexity index is 1370. The topological polar surface area (TPSA) is 166 Å². The summed E-state index contributed by atoms with van der Waals surface area (Å²) in [6.07, 6.45) is 1.88. The van der Waals surface area contributed by atoms with Crippen molar-refractivity contribution in [3.8, 4) is 5.69 Å². The first-order valence-electron chi connectivity index (χ1n) is 10.3. The zero-order valence-corrected chi connectivity index (χ0v) is 18.7. The van der Waals surface area contributed by atoms with Crippen LogP contribution in [0.4, 0.5) is 5.69 Å². The minimum absolute atomic E-state index is 0.00682. The highest BCUT2D eigenvalue weighted by atomic mass is 32.2. The second-order valence-electron chi connectivity index (χ2n) is 8.27. The van der Waals surface area contributed by atoms with Crippen LogP contribution in [0.2, 0.25) is 0 Å². The number of nitrogens with two attached hydrogens (primary N) is 2. The Morgan fingerprint density at radius 3 is 2.72 bits per heavy atom. The molecule has 1 aliphatic carbocycles. The van der Waals surface area contributed by atoms with E-state index in [2.05, 4.69) is 15.5 Å². The number of hydrogen-bond donors (Lipinski definition) is 4. The minimum atomic E-state index is -3.69. The van der Waals surface area contributed by atoms with Gasteiger partial charge in [-0.15, -0.1) is 0 Å². The number of aromatic nitrogens is 3. The van der Waals surface area contributed by atoms with Crippen molar-refractivity contribution in [2.24, 2.45) is 11.7 Å². The fourth-order valence-corrected chi connectivity index (χ4v) is 6.02. The van der Waals surface area contributed by atoms with Crippen LogP contribution in [-0.2, 0) is 14.6 Å². The van der Waals surface area contributed by atoms with Crippen LogP contribution in [0.25, 0.3) is 16.6 Å². The number of carbonyl (C=O) groups excluding carboxylic acids is 1. The number of fused-ring (bicyclic) bond motifs is 1. The molecule has 1 fully saturated rings. The van der Waals surface area contributed by atoms with Crippen molar-refractivity contribution in [2.45, 2.75) is 44.2 Å². The Labute approximate surface area is 184 Å². The molecule has 2 aromatic heterocycles. The third-order valence-electron chi connectivity index (χ3n) is 5.90. The summed E-state index contributed by atoms with van der Waals surface area (Å²) in [6, 6.07) is 6.59. The van der Waals surface area contributed by atoms with Gasteiger partial charge in [0.05, 0.1) is 32.9 Å². The maximum atomic E-state index is 13.3.